The van der Waals surface area contributed by atoms with Gasteiger partial charge in [-0.1, -0.05) is 12.1 Å². The molecule has 3 saturated heterocycles. The molecule has 0 unspecified atom stereocenters. The third kappa shape index (κ3) is 2.44. The van der Waals surface area contributed by atoms with E-state index in [0.717, 1.165) is 5.56 Å². The quantitative estimate of drug-likeness (QED) is 0.753. The Balaban J connectivity index is 1.43. The summed E-state index contributed by atoms with van der Waals surface area (Å²) in [4.78, 5) is 11.4. The molecular formula is C16H16O8. The molecule has 1 aromatic carbocycles. The molecule has 6 atom stereocenters. The first-order valence-corrected chi connectivity index (χ1v) is 7.47. The predicted molar refractivity (Wildman–Crippen MR) is 78.0 cm³/mol. The summed E-state index contributed by atoms with van der Waals surface area (Å²) in [5.74, 6) is -0.291. The van der Waals surface area contributed by atoms with Crippen LogP contribution >= 0.6 is 0 Å². The largest absolute Gasteiger partial charge is 0.504 e. The normalized spacial score (nSPS) is 37.5. The first-order valence-electron chi connectivity index (χ1n) is 7.47. The second-order valence-electron chi connectivity index (χ2n) is 5.71. The number of carbonyl (C=O) groups is 1. The summed E-state index contributed by atoms with van der Waals surface area (Å²) in [5, 5.41) is 19.2. The average Bonchev–Trinajstić information content (AvgIpc) is 3.19. The molecular weight excluding hydrogens is 320 g/mol. The zero-order chi connectivity index (χ0) is 16.8. The average molecular weight is 336 g/mol. The Morgan fingerprint density at radius 1 is 1.17 bits per heavy atom. The number of aliphatic hydroxyl groups is 1. The van der Waals surface area contributed by atoms with Gasteiger partial charge in [-0.25, -0.2) is 4.79 Å². The number of methoxy groups -OCH3 is 1. The summed E-state index contributed by atoms with van der Waals surface area (Å²) in [6, 6.07) is 4.91. The molecule has 2 N–H and O–H groups in total. The number of benzene rings is 1. The van der Waals surface area contributed by atoms with E-state index < -0.39 is 43.0 Å². The van der Waals surface area contributed by atoms with E-state index in [-0.39, 0.29) is 5.75 Å². The highest BCUT2D eigenvalue weighted by molar-refractivity contribution is 5.78. The van der Waals surface area contributed by atoms with Gasteiger partial charge in [0.2, 0.25) is 0 Å². The number of ether oxygens (including phenoxy) is 5. The molecule has 0 bridgehead atoms. The molecule has 128 valence electrons. The number of phenolic OH excluding ortho intramolecular Hbond substituents is 1. The van der Waals surface area contributed by atoms with Crippen molar-refractivity contribution >= 4 is 12.0 Å². The maximum Gasteiger partial charge on any atom is 0.338 e. The van der Waals surface area contributed by atoms with Crippen molar-refractivity contribution in [2.24, 2.45) is 0 Å². The van der Waals surface area contributed by atoms with Gasteiger partial charge in [-0.2, -0.15) is 0 Å². The van der Waals surface area contributed by atoms with E-state index in [2.05, 4.69) is 0 Å². The fraction of sp³-hybridized carbons (Fsp3) is 0.438. The van der Waals surface area contributed by atoms with Crippen LogP contribution in [0.5, 0.6) is 11.5 Å². The van der Waals surface area contributed by atoms with Crippen LogP contribution in [0.3, 0.4) is 0 Å². The van der Waals surface area contributed by atoms with Crippen LogP contribution in [0.1, 0.15) is 5.56 Å². The lowest BCUT2D eigenvalue weighted by molar-refractivity contribution is -0.160. The summed E-state index contributed by atoms with van der Waals surface area (Å²) < 4.78 is 26.9. The molecule has 8 heteroatoms. The maximum absolute atomic E-state index is 11.4. The van der Waals surface area contributed by atoms with E-state index >= 15 is 0 Å². The van der Waals surface area contributed by atoms with Crippen LogP contribution in [-0.2, 0) is 23.7 Å². The molecule has 8 nitrogen and oxygen atoms in total. The minimum Gasteiger partial charge on any atom is -0.504 e. The van der Waals surface area contributed by atoms with Crippen molar-refractivity contribution in [1.82, 2.24) is 0 Å². The minimum atomic E-state index is -1.30. The molecule has 0 saturated carbocycles. The Bertz CT molecular complexity index is 687. The summed E-state index contributed by atoms with van der Waals surface area (Å²) in [6.07, 6.45) is -1.21. The lowest BCUT2D eigenvalue weighted by Gasteiger charge is -2.14. The summed E-state index contributed by atoms with van der Waals surface area (Å²) in [6.45, 7) is 0. The molecule has 1 aromatic rings. The predicted octanol–water partition coefficient (Wildman–Crippen LogP) is 0.167. The number of hydrogen-bond donors (Lipinski definition) is 2. The number of rotatable bonds is 3. The van der Waals surface area contributed by atoms with Crippen molar-refractivity contribution in [3.05, 3.63) is 29.8 Å². The third-order valence-electron chi connectivity index (χ3n) is 4.22. The number of phenols is 1. The molecule has 0 amide bonds. The Labute approximate surface area is 137 Å². The van der Waals surface area contributed by atoms with E-state index in [0.29, 0.717) is 5.75 Å². The Morgan fingerprint density at radius 3 is 2.79 bits per heavy atom. The van der Waals surface area contributed by atoms with Gasteiger partial charge in [0.25, 0.3) is 0 Å². The van der Waals surface area contributed by atoms with Crippen LogP contribution < -0.4 is 4.74 Å². The molecule has 3 heterocycles. The third-order valence-corrected chi connectivity index (χ3v) is 4.22. The lowest BCUT2D eigenvalue weighted by atomic mass is 10.1. The summed E-state index contributed by atoms with van der Waals surface area (Å²) in [5.41, 5.74) is 0.787. The minimum absolute atomic E-state index is 0.0543. The van der Waals surface area contributed by atoms with Crippen molar-refractivity contribution in [3.63, 3.8) is 0 Å². The van der Waals surface area contributed by atoms with Crippen LogP contribution in [-0.4, -0.2) is 60.3 Å². The number of aliphatic hydroxyl groups excluding tert-OH is 1. The molecule has 0 spiro atoms. The van der Waals surface area contributed by atoms with Crippen LogP contribution in [0, 0.1) is 0 Å². The fourth-order valence-electron chi connectivity index (χ4n) is 3.03. The lowest BCUT2D eigenvalue weighted by Crippen LogP contribution is -2.33. The van der Waals surface area contributed by atoms with E-state index in [9.17, 15) is 15.0 Å². The van der Waals surface area contributed by atoms with E-state index in [1.165, 1.54) is 13.2 Å². The molecule has 24 heavy (non-hydrogen) atoms. The Hall–Kier alpha value is -2.13. The van der Waals surface area contributed by atoms with Crippen LogP contribution in [0.2, 0.25) is 0 Å². The molecule has 3 aliphatic heterocycles. The molecule has 0 aliphatic carbocycles. The Morgan fingerprint density at radius 2 is 2.00 bits per heavy atom. The highest BCUT2D eigenvalue weighted by atomic mass is 16.8. The van der Waals surface area contributed by atoms with Gasteiger partial charge in [-0.15, -0.1) is 0 Å². The fourth-order valence-corrected chi connectivity index (χ4v) is 3.03. The highest BCUT2D eigenvalue weighted by Gasteiger charge is 2.61. The maximum atomic E-state index is 11.4. The van der Waals surface area contributed by atoms with Gasteiger partial charge < -0.3 is 33.9 Å². The number of carbonyl (C=O) groups excluding carboxylic acids is 1. The van der Waals surface area contributed by atoms with Gasteiger partial charge in [0.15, 0.2) is 42.4 Å². The SMILES string of the molecule is COc1cc(C=C[C@H]2O[C@H]3O[C@H]4[C@H](OC(=O)[C@H]4O)[C@H]3O2)ccc1O. The molecule has 0 aromatic heterocycles. The van der Waals surface area contributed by atoms with Crippen molar-refractivity contribution < 1.29 is 38.7 Å². The summed E-state index contributed by atoms with van der Waals surface area (Å²) >= 11 is 0. The van der Waals surface area contributed by atoms with E-state index in [4.69, 9.17) is 23.7 Å². The molecule has 4 rings (SSSR count). The number of hydrogen-bond acceptors (Lipinski definition) is 8. The van der Waals surface area contributed by atoms with E-state index in [1.54, 1.807) is 24.3 Å². The van der Waals surface area contributed by atoms with Crippen LogP contribution in [0.4, 0.5) is 0 Å². The molecule has 0 radical (unpaired) electrons. The van der Waals surface area contributed by atoms with Gasteiger partial charge in [0, 0.05) is 0 Å². The van der Waals surface area contributed by atoms with Crippen molar-refractivity contribution in [3.8, 4) is 11.5 Å². The monoisotopic (exact) mass is 336 g/mol. The standard InChI is InChI=1S/C16H16O8/c1-20-9-6-7(2-4-8(9)17)3-5-10-21-14-13-12(24-16(14)22-10)11(18)15(19)23-13/h2-6,10-14,16-18H,1H3/t10-,11+,12-,13+,14-,16+/m1/s1. The zero-order valence-electron chi connectivity index (χ0n) is 12.7. The van der Waals surface area contributed by atoms with E-state index in [1.807, 2.05) is 0 Å². The topological polar surface area (TPSA) is 104 Å². The van der Waals surface area contributed by atoms with Crippen molar-refractivity contribution in [1.29, 1.82) is 0 Å². The van der Waals surface area contributed by atoms with Crippen LogP contribution in [0.25, 0.3) is 6.08 Å². The second kappa shape index (κ2) is 5.75. The van der Waals surface area contributed by atoms with Crippen molar-refractivity contribution in [2.45, 2.75) is 37.0 Å². The molecule has 3 aliphatic rings. The summed E-state index contributed by atoms with van der Waals surface area (Å²) in [7, 11) is 1.47. The zero-order valence-corrected chi connectivity index (χ0v) is 12.7. The molecule has 3 fully saturated rings. The van der Waals surface area contributed by atoms with Gasteiger partial charge in [-0.05, 0) is 23.8 Å². The van der Waals surface area contributed by atoms with Crippen LogP contribution in [0.15, 0.2) is 24.3 Å². The first-order chi connectivity index (χ1) is 11.6. The van der Waals surface area contributed by atoms with Gasteiger partial charge in [0.05, 0.1) is 7.11 Å². The van der Waals surface area contributed by atoms with Gasteiger partial charge in [-0.3, -0.25) is 0 Å². The second-order valence-corrected chi connectivity index (χ2v) is 5.71. The number of aromatic hydroxyl groups is 1. The number of fused-ring (bicyclic) bond motifs is 3. The smallest absolute Gasteiger partial charge is 0.338 e. The number of esters is 1. The van der Waals surface area contributed by atoms with Gasteiger partial charge in [0.1, 0.15) is 6.10 Å². The highest BCUT2D eigenvalue weighted by Crippen LogP contribution is 2.39. The Kier molecular flexibility index (Phi) is 3.69. The first kappa shape index (κ1) is 15.4. The van der Waals surface area contributed by atoms with Gasteiger partial charge >= 0.3 is 5.97 Å². The van der Waals surface area contributed by atoms with Crippen molar-refractivity contribution in [2.75, 3.05) is 7.11 Å².